The molecule has 14 rings (SSSR count). The van der Waals surface area contributed by atoms with Crippen LogP contribution in [0.1, 0.15) is 111 Å². The number of nitrogens with one attached hydrogen (secondary N) is 10. The Bertz CT molecular complexity index is 5390. The van der Waals surface area contributed by atoms with Gasteiger partial charge in [0.15, 0.2) is 23.9 Å². The zero-order valence-corrected chi connectivity index (χ0v) is 70.7. The highest BCUT2D eigenvalue weighted by molar-refractivity contribution is 6.42. The molecule has 7 aromatic rings. The van der Waals surface area contributed by atoms with Gasteiger partial charge in [-0.25, -0.2) is 9.80 Å². The summed E-state index contributed by atoms with van der Waals surface area (Å²) in [6.07, 6.45) is -18.2. The van der Waals surface area contributed by atoms with Gasteiger partial charge < -0.3 is 128 Å². The van der Waals surface area contributed by atoms with Gasteiger partial charge in [-0.3, -0.25) is 53.1 Å². The number of nitrogens with two attached hydrogens (primary N) is 1. The average Bonchev–Trinajstić information content (AvgIpc) is 0.763. The van der Waals surface area contributed by atoms with Crippen molar-refractivity contribution >= 4 is 105 Å². The van der Waals surface area contributed by atoms with E-state index in [4.69, 9.17) is 80.6 Å². The predicted molar refractivity (Wildman–Crippen MR) is 445 cm³/mol. The van der Waals surface area contributed by atoms with Crippen molar-refractivity contribution in [3.05, 3.63) is 173 Å². The zero-order chi connectivity index (χ0) is 90.6. The van der Waals surface area contributed by atoms with Crippen molar-refractivity contribution in [3.8, 4) is 57.1 Å². The fourth-order valence-electron chi connectivity index (χ4n) is 15.1. The van der Waals surface area contributed by atoms with Crippen molar-refractivity contribution in [2.75, 3.05) is 39.6 Å². The van der Waals surface area contributed by atoms with Crippen LogP contribution in [0.25, 0.3) is 11.1 Å². The number of phenolic OH excluding ortho intramolecular Hbond substituents is 3. The number of benzene rings is 6. The van der Waals surface area contributed by atoms with Crippen molar-refractivity contribution in [2.24, 2.45) is 11.7 Å². The first-order valence-corrected chi connectivity index (χ1v) is 40.7. The molecule has 21 N–H and O–H groups in total. The molecule has 6 aromatic carbocycles. The Kier molecular flexibility index (Phi) is 29.2. The summed E-state index contributed by atoms with van der Waals surface area (Å²) in [7, 11) is 4.29. The van der Waals surface area contributed by atoms with Crippen molar-refractivity contribution < 1.29 is 118 Å². The number of hydrogen-bond donors (Lipinski definition) is 20. The van der Waals surface area contributed by atoms with Crippen molar-refractivity contribution in [1.82, 2.24) is 62.5 Å². The highest BCUT2D eigenvalue weighted by Gasteiger charge is 2.52. The number of hydrogen-bond acceptors (Lipinski definition) is 29. The molecular formula is C82H92Cl4N14O25. The van der Waals surface area contributed by atoms with Crippen LogP contribution in [0.3, 0.4) is 0 Å². The number of aromatic hydroxyl groups is 3. The van der Waals surface area contributed by atoms with E-state index in [9.17, 15) is 69.9 Å². The normalized spacial score (nSPS) is 26.0. The number of aliphatic hydroxyl groups is 6. The Morgan fingerprint density at radius 2 is 1.35 bits per heavy atom. The summed E-state index contributed by atoms with van der Waals surface area (Å²) in [6.45, 7) is 5.60. The van der Waals surface area contributed by atoms with Crippen LogP contribution in [0.2, 0.25) is 20.1 Å². The highest BCUT2D eigenvalue weighted by atomic mass is 35.5. The third-order valence-electron chi connectivity index (χ3n) is 21.5. The Hall–Kier alpha value is -11.1. The summed E-state index contributed by atoms with van der Waals surface area (Å²) in [5, 5.41) is 131. The number of fused-ring (bicyclic) bond motifs is 15. The number of ether oxygens (including phenoxy) is 6. The number of amides is 9. The SMILES string of the molecule is CNC(CC(C)C)C(=O)NC1C(=O)NC(CC(N)=O)C(=O)NC2C(=O)NC3C(=O)NC(C(=O)N[C@@H](C(=O)NN(C)C)c4cc(O)cc(O)c4-c4cc3ccc4O)C(O)c3ccc(c(Cl)c3)Oc3cc2cc(c3OC2OC(CO)C(O)C(O)C2OC2C[C@@](C)(NCCn3ccc(NC(=O)Cc4ccc(Cl)c(Cl)c4)nc3=O)C(O)C(C)O2)Oc2ccc(cc2Cl)C1O. The number of carbonyl (C=O) groups excluding carboxylic acids is 9. The van der Waals surface area contributed by atoms with Gasteiger partial charge in [-0.15, -0.1) is 0 Å². The van der Waals surface area contributed by atoms with Gasteiger partial charge in [0.2, 0.25) is 59.3 Å². The van der Waals surface area contributed by atoms with E-state index in [1.54, 1.807) is 13.0 Å². The number of hydrazine groups is 1. The molecular weight excluding hydrogens is 1720 g/mol. The van der Waals surface area contributed by atoms with Crippen LogP contribution < -0.4 is 78.9 Å². The number of aliphatic hydroxyl groups excluding tert-OH is 6. The van der Waals surface area contributed by atoms with Crippen LogP contribution >= 0.6 is 46.4 Å². The Morgan fingerprint density at radius 3 is 1.98 bits per heavy atom. The van der Waals surface area contributed by atoms with Gasteiger partial charge in [0.05, 0.1) is 57.8 Å². The third-order valence-corrected chi connectivity index (χ3v) is 22.8. The monoisotopic (exact) mass is 1810 g/mol. The standard InChI is InChI=1S/C82H92Cl4N14O25/c1-33(2)20-47(88-5)73(112)96-64-66(107)37-10-14-51(45(85)24-37)121-53-26-39-27-54(70(53)125-80-71(69(110)68(109)55(32-101)123-80)124-59-31-82(4,72(111)34(3)120-59)89-17-19-100-18-16-57(92-81(100)119)91-58(106)22-35-8-12-43(83)44(84)21-35)122-52-15-11-38(25-46(52)86)67(108)65-78(117)95-63(79(118)98-99(6)7)42-28-40(102)29-50(104)60(42)41-23-36(9-13-49(41)103)61(75(114)97-65)94-76(115)62(39)93-74(113)48(30-56(87)105)90-77(64)116/h8-16,18,21,23-29,33-34,47-48,55,59,61-69,71-72,80,88-89,101-104,107-111H,17,19-20,22,30-32H2,1-7H3,(H2,87,105)(H,90,116)(H,93,113)(H,94,115)(H,95,117)(H,96,112)(H,97,114)(H,98,118)(H,91,92,106,119)/t34?,47?,48?,55?,59?,61?,62?,63-,64?,65?,66?,67?,68?,69?,71?,72?,80?,82-/m1/s1. The molecule has 16 unspecified atom stereocenters. The maximum absolute atomic E-state index is 16.3. The summed E-state index contributed by atoms with van der Waals surface area (Å²) in [6, 6.07) is 5.91. The number of likely N-dealkylation sites (N-methyl/N-ethyl adjacent to an activating group) is 1. The minimum atomic E-state index is -2.38. The van der Waals surface area contributed by atoms with E-state index in [1.807, 2.05) is 13.8 Å². The molecule has 1 aromatic heterocycles. The molecule has 43 heteroatoms. The molecule has 18 atom stereocenters. The Labute approximate surface area is 732 Å². The van der Waals surface area contributed by atoms with E-state index in [1.165, 1.54) is 80.2 Å². The maximum atomic E-state index is 16.3. The molecule has 9 amide bonds. The molecule has 0 spiro atoms. The number of carbonyl (C=O) groups is 9. The molecule has 668 valence electrons. The van der Waals surface area contributed by atoms with Gasteiger partial charge in [-0.05, 0) is 139 Å². The van der Waals surface area contributed by atoms with E-state index < -0.39 is 254 Å². The van der Waals surface area contributed by atoms with Gasteiger partial charge >= 0.3 is 5.69 Å². The summed E-state index contributed by atoms with van der Waals surface area (Å²) >= 11 is 26.5. The molecule has 0 saturated carbocycles. The fraction of sp³-hybridized carbons (Fsp3) is 0.402. The molecule has 0 radical (unpaired) electrons. The summed E-state index contributed by atoms with van der Waals surface area (Å²) in [4.78, 5) is 150. The molecule has 39 nitrogen and oxygen atoms in total. The second-order valence-corrected chi connectivity index (χ2v) is 33.0. The van der Waals surface area contributed by atoms with Crippen LogP contribution in [0.5, 0.6) is 46.0 Å². The zero-order valence-electron chi connectivity index (χ0n) is 67.7. The van der Waals surface area contributed by atoms with E-state index in [-0.39, 0.29) is 71.6 Å². The summed E-state index contributed by atoms with van der Waals surface area (Å²) in [5.74, 6) is -15.7. The van der Waals surface area contributed by atoms with Crippen molar-refractivity contribution in [2.45, 2.75) is 169 Å². The molecule has 8 heterocycles. The van der Waals surface area contributed by atoms with Crippen LogP contribution in [0.15, 0.2) is 114 Å². The summed E-state index contributed by atoms with van der Waals surface area (Å²) < 4.78 is 40.7. The number of nitrogens with zero attached hydrogens (tertiary/aromatic N) is 3. The van der Waals surface area contributed by atoms with E-state index >= 15 is 24.0 Å². The second-order valence-electron chi connectivity index (χ2n) is 31.3. The highest BCUT2D eigenvalue weighted by Crippen LogP contribution is 2.50. The van der Waals surface area contributed by atoms with Crippen molar-refractivity contribution in [1.29, 1.82) is 0 Å². The minimum Gasteiger partial charge on any atom is -0.508 e. The molecule has 7 aliphatic heterocycles. The second kappa shape index (κ2) is 39.2. The minimum absolute atomic E-state index is 0.0378. The van der Waals surface area contributed by atoms with Gasteiger partial charge in [-0.1, -0.05) is 84.5 Å². The maximum Gasteiger partial charge on any atom is 0.349 e. The quantitative estimate of drug-likeness (QED) is 0.0457. The first-order valence-electron chi connectivity index (χ1n) is 39.2. The number of phenols is 3. The predicted octanol–water partition coefficient (Wildman–Crippen LogP) is 1.99. The third kappa shape index (κ3) is 21.2. The lowest BCUT2D eigenvalue weighted by Gasteiger charge is -2.48. The van der Waals surface area contributed by atoms with E-state index in [2.05, 4.69) is 58.3 Å². The lowest BCUT2D eigenvalue weighted by atomic mass is 9.85. The largest absolute Gasteiger partial charge is 0.508 e. The van der Waals surface area contributed by atoms with E-state index in [0.29, 0.717) is 10.6 Å². The number of rotatable bonds is 21. The first-order chi connectivity index (χ1) is 59.2. The Morgan fingerprint density at radius 1 is 0.704 bits per heavy atom. The van der Waals surface area contributed by atoms with Gasteiger partial charge in [0, 0.05) is 62.5 Å². The van der Waals surface area contributed by atoms with E-state index in [0.717, 1.165) is 60.7 Å². The van der Waals surface area contributed by atoms with Gasteiger partial charge in [-0.2, -0.15) is 4.98 Å². The van der Waals surface area contributed by atoms with Crippen LogP contribution in [-0.4, -0.2) is 227 Å². The van der Waals surface area contributed by atoms with Gasteiger partial charge in [0.1, 0.15) is 101 Å². The Balaban J connectivity index is 0.999. The molecule has 2 fully saturated rings. The summed E-state index contributed by atoms with van der Waals surface area (Å²) in [5.41, 5.74) is 4.14. The van der Waals surface area contributed by atoms with Crippen molar-refractivity contribution in [3.63, 3.8) is 0 Å². The molecule has 2 saturated heterocycles. The molecule has 11 bridgehead atoms. The molecule has 125 heavy (non-hydrogen) atoms. The fourth-order valence-corrected chi connectivity index (χ4v) is 15.9. The topological polar surface area (TPSA) is 576 Å². The molecule has 0 aliphatic carbocycles. The number of halogens is 4. The average molecular weight is 1820 g/mol. The van der Waals surface area contributed by atoms with Crippen LogP contribution in [-0.2, 0) is 70.3 Å². The van der Waals surface area contributed by atoms with Crippen LogP contribution in [0.4, 0.5) is 5.82 Å². The lowest BCUT2D eigenvalue weighted by molar-refractivity contribution is -0.334. The number of anilines is 1. The van der Waals surface area contributed by atoms with Gasteiger partial charge in [0.25, 0.3) is 5.91 Å². The number of primary amides is 1. The number of aromatic nitrogens is 2. The van der Waals surface area contributed by atoms with Crippen LogP contribution in [0, 0.1) is 5.92 Å². The lowest BCUT2D eigenvalue weighted by Crippen LogP contribution is -2.65. The first kappa shape index (κ1) is 93.1. The smallest absolute Gasteiger partial charge is 0.349 e. The molecule has 7 aliphatic rings.